The number of aliphatic hydroxyl groups excluding tert-OH is 2. The van der Waals surface area contributed by atoms with Gasteiger partial charge in [0.1, 0.15) is 0 Å². The second kappa shape index (κ2) is 7.61. The smallest absolute Gasteiger partial charge is 0.0635 e. The van der Waals surface area contributed by atoms with Crippen molar-refractivity contribution in [2.75, 3.05) is 32.8 Å². The van der Waals surface area contributed by atoms with Crippen molar-refractivity contribution in [3.8, 4) is 6.07 Å². The first-order chi connectivity index (χ1) is 7.47. The Hall–Kier alpha value is -0.630. The van der Waals surface area contributed by atoms with Crippen LogP contribution in [0.4, 0.5) is 0 Å². The van der Waals surface area contributed by atoms with Gasteiger partial charge in [-0.2, -0.15) is 5.26 Å². The van der Waals surface area contributed by atoms with Crippen LogP contribution in [0.15, 0.2) is 0 Å². The average molecular weight is 228 g/mol. The third-order valence-electron chi connectivity index (χ3n) is 2.53. The van der Waals surface area contributed by atoms with E-state index >= 15 is 0 Å². The van der Waals surface area contributed by atoms with E-state index < -0.39 is 5.41 Å². The molecule has 0 aliphatic heterocycles. The fourth-order valence-electron chi connectivity index (χ4n) is 1.65. The summed E-state index contributed by atoms with van der Waals surface area (Å²) >= 11 is 0. The van der Waals surface area contributed by atoms with E-state index in [2.05, 4.69) is 24.8 Å². The molecular weight excluding hydrogens is 204 g/mol. The summed E-state index contributed by atoms with van der Waals surface area (Å²) in [5.41, 5.74) is -0.482. The molecule has 94 valence electrons. The minimum Gasteiger partial charge on any atom is -0.396 e. The van der Waals surface area contributed by atoms with E-state index in [1.807, 2.05) is 6.92 Å². The average Bonchev–Trinajstić information content (AvgIpc) is 2.25. The molecule has 0 aromatic heterocycles. The van der Waals surface area contributed by atoms with Crippen molar-refractivity contribution in [3.05, 3.63) is 0 Å². The van der Waals surface area contributed by atoms with Crippen LogP contribution in [0.1, 0.15) is 27.2 Å². The Morgan fingerprint density at radius 1 is 1.31 bits per heavy atom. The van der Waals surface area contributed by atoms with Crippen molar-refractivity contribution in [3.63, 3.8) is 0 Å². The molecule has 0 rings (SSSR count). The molecule has 0 aromatic carbocycles. The van der Waals surface area contributed by atoms with Crippen molar-refractivity contribution in [1.29, 1.82) is 5.26 Å². The molecule has 0 fully saturated rings. The Morgan fingerprint density at radius 2 is 1.88 bits per heavy atom. The van der Waals surface area contributed by atoms with Gasteiger partial charge in [0.15, 0.2) is 0 Å². The number of rotatable bonds is 8. The molecule has 0 saturated carbocycles. The minimum absolute atomic E-state index is 0.0371. The van der Waals surface area contributed by atoms with Crippen LogP contribution in [0.5, 0.6) is 0 Å². The summed E-state index contributed by atoms with van der Waals surface area (Å²) in [6.45, 7) is 8.23. The van der Waals surface area contributed by atoms with Gasteiger partial charge in [0.2, 0.25) is 0 Å². The molecule has 0 amide bonds. The lowest BCUT2D eigenvalue weighted by Gasteiger charge is -2.33. The van der Waals surface area contributed by atoms with Gasteiger partial charge < -0.3 is 15.1 Å². The van der Waals surface area contributed by atoms with Gasteiger partial charge in [0, 0.05) is 31.5 Å². The Bertz CT molecular complexity index is 220. The van der Waals surface area contributed by atoms with Gasteiger partial charge in [0.25, 0.3) is 0 Å². The lowest BCUT2D eigenvalue weighted by atomic mass is 9.92. The van der Waals surface area contributed by atoms with Gasteiger partial charge in [-0.15, -0.1) is 0 Å². The summed E-state index contributed by atoms with van der Waals surface area (Å²) in [6.07, 6.45) is 0.486. The second-order valence-electron chi connectivity index (χ2n) is 5.16. The number of nitrogens with zero attached hydrogens (tertiary/aromatic N) is 2. The van der Waals surface area contributed by atoms with E-state index in [1.165, 1.54) is 0 Å². The molecule has 0 unspecified atom stereocenters. The normalized spacial score (nSPS) is 12.1. The summed E-state index contributed by atoms with van der Waals surface area (Å²) in [6, 6.07) is 2.13. The molecule has 0 saturated heterocycles. The Kier molecular flexibility index (Phi) is 7.31. The van der Waals surface area contributed by atoms with E-state index in [9.17, 15) is 10.2 Å². The van der Waals surface area contributed by atoms with Gasteiger partial charge in [-0.1, -0.05) is 20.8 Å². The molecule has 0 bridgehead atoms. The van der Waals surface area contributed by atoms with Crippen LogP contribution >= 0.6 is 0 Å². The molecule has 0 aliphatic rings. The van der Waals surface area contributed by atoms with Crippen molar-refractivity contribution in [2.45, 2.75) is 27.2 Å². The molecule has 4 nitrogen and oxygen atoms in total. The van der Waals surface area contributed by atoms with Crippen LogP contribution < -0.4 is 0 Å². The lowest BCUT2D eigenvalue weighted by Crippen LogP contribution is -2.42. The summed E-state index contributed by atoms with van der Waals surface area (Å²) < 4.78 is 0. The predicted molar refractivity (Wildman–Crippen MR) is 63.8 cm³/mol. The molecule has 0 spiro atoms. The van der Waals surface area contributed by atoms with Crippen LogP contribution in [-0.4, -0.2) is 48.0 Å². The van der Waals surface area contributed by atoms with Gasteiger partial charge >= 0.3 is 0 Å². The van der Waals surface area contributed by atoms with Crippen molar-refractivity contribution >= 4 is 0 Å². The van der Waals surface area contributed by atoms with Gasteiger partial charge in [-0.05, 0) is 5.92 Å². The molecule has 0 aliphatic carbocycles. The van der Waals surface area contributed by atoms with E-state index in [0.29, 0.717) is 25.4 Å². The zero-order valence-electron chi connectivity index (χ0n) is 10.6. The number of aliphatic hydroxyl groups is 2. The van der Waals surface area contributed by atoms with Crippen molar-refractivity contribution in [2.24, 2.45) is 11.3 Å². The summed E-state index contributed by atoms with van der Waals surface area (Å²) in [5, 5.41) is 27.1. The first-order valence-corrected chi connectivity index (χ1v) is 5.78. The Labute approximate surface area is 98.5 Å². The first kappa shape index (κ1) is 15.4. The highest BCUT2D eigenvalue weighted by atomic mass is 16.3. The Morgan fingerprint density at radius 3 is 2.25 bits per heavy atom. The molecular formula is C12H24N2O2. The van der Waals surface area contributed by atoms with Crippen LogP contribution in [0.25, 0.3) is 0 Å². The molecule has 0 atom stereocenters. The summed E-state index contributed by atoms with van der Waals surface area (Å²) in [7, 11) is 0. The summed E-state index contributed by atoms with van der Waals surface area (Å²) in [4.78, 5) is 2.14. The standard InChI is InChI=1S/C12H24N2O2/c1-11(2)7-14(6-4-5-13)8-12(3,9-15)10-16/h11,15-16H,4,6-10H2,1-3H3. The first-order valence-electron chi connectivity index (χ1n) is 5.78. The molecule has 4 heteroatoms. The van der Waals surface area contributed by atoms with E-state index in [4.69, 9.17) is 5.26 Å². The maximum absolute atomic E-state index is 9.24. The third kappa shape index (κ3) is 6.06. The summed E-state index contributed by atoms with van der Waals surface area (Å²) in [5.74, 6) is 0.514. The molecule has 2 N–H and O–H groups in total. The number of hydrogen-bond donors (Lipinski definition) is 2. The van der Waals surface area contributed by atoms with E-state index in [1.54, 1.807) is 0 Å². The molecule has 16 heavy (non-hydrogen) atoms. The largest absolute Gasteiger partial charge is 0.396 e. The minimum atomic E-state index is -0.482. The van der Waals surface area contributed by atoms with Gasteiger partial charge in [0.05, 0.1) is 19.3 Å². The quantitative estimate of drug-likeness (QED) is 0.646. The SMILES string of the molecule is CC(C)CN(CCC#N)CC(C)(CO)CO. The predicted octanol–water partition coefficient (Wildman–Crippen LogP) is 0.849. The van der Waals surface area contributed by atoms with Crippen molar-refractivity contribution < 1.29 is 10.2 Å². The van der Waals surface area contributed by atoms with E-state index in [0.717, 1.165) is 6.54 Å². The van der Waals surface area contributed by atoms with Crippen LogP contribution in [-0.2, 0) is 0 Å². The highest BCUT2D eigenvalue weighted by molar-refractivity contribution is 4.80. The van der Waals surface area contributed by atoms with E-state index in [-0.39, 0.29) is 13.2 Å². The van der Waals surface area contributed by atoms with Crippen LogP contribution in [0, 0.1) is 22.7 Å². The van der Waals surface area contributed by atoms with Gasteiger partial charge in [-0.3, -0.25) is 0 Å². The second-order valence-corrected chi connectivity index (χ2v) is 5.16. The van der Waals surface area contributed by atoms with Crippen molar-refractivity contribution in [1.82, 2.24) is 4.90 Å². The molecule has 0 aromatic rings. The third-order valence-corrected chi connectivity index (χ3v) is 2.53. The zero-order valence-corrected chi connectivity index (χ0v) is 10.6. The topological polar surface area (TPSA) is 67.5 Å². The molecule has 0 heterocycles. The highest BCUT2D eigenvalue weighted by Gasteiger charge is 2.25. The Balaban J connectivity index is 4.34. The maximum atomic E-state index is 9.24. The maximum Gasteiger partial charge on any atom is 0.0635 e. The van der Waals surface area contributed by atoms with Crippen LogP contribution in [0.2, 0.25) is 0 Å². The fourth-order valence-corrected chi connectivity index (χ4v) is 1.65. The number of nitriles is 1. The monoisotopic (exact) mass is 228 g/mol. The highest BCUT2D eigenvalue weighted by Crippen LogP contribution is 2.17. The molecule has 0 radical (unpaired) electrons. The zero-order chi connectivity index (χ0) is 12.6. The number of hydrogen-bond acceptors (Lipinski definition) is 4. The van der Waals surface area contributed by atoms with Gasteiger partial charge in [-0.25, -0.2) is 0 Å². The lowest BCUT2D eigenvalue weighted by molar-refractivity contribution is 0.0325. The fraction of sp³-hybridized carbons (Fsp3) is 0.917. The van der Waals surface area contributed by atoms with Crippen LogP contribution in [0.3, 0.4) is 0 Å².